The number of nitrogens with one attached hydrogen (secondary N) is 1. The van der Waals surface area contributed by atoms with Crippen LogP contribution in [0.2, 0.25) is 0 Å². The van der Waals surface area contributed by atoms with Crippen molar-refractivity contribution in [3.05, 3.63) is 92.4 Å². The van der Waals surface area contributed by atoms with E-state index in [2.05, 4.69) is 27.5 Å². The maximum atomic E-state index is 12.8. The van der Waals surface area contributed by atoms with Crippen LogP contribution in [-0.2, 0) is 16.0 Å². The number of rotatable bonds is 6. The maximum absolute atomic E-state index is 12.8. The van der Waals surface area contributed by atoms with E-state index < -0.39 is 12.1 Å². The Kier molecular flexibility index (Phi) is 6.25. The molecule has 1 aliphatic rings. The summed E-state index contributed by atoms with van der Waals surface area (Å²) in [5.41, 5.74) is 16.4. The minimum Gasteiger partial charge on any atom is -0.481 e. The number of nitrogens with zero attached hydrogens (tertiary/aromatic N) is 3. The highest BCUT2D eigenvalue weighted by molar-refractivity contribution is 5.90. The number of carbonyl (C=O) groups excluding carboxylic acids is 1. The van der Waals surface area contributed by atoms with Gasteiger partial charge >= 0.3 is 12.1 Å². The van der Waals surface area contributed by atoms with Crippen LogP contribution in [0.15, 0.2) is 53.6 Å². The predicted octanol–water partition coefficient (Wildman–Crippen LogP) is 6.54. The van der Waals surface area contributed by atoms with Gasteiger partial charge in [0, 0.05) is 16.5 Å². The number of azide groups is 1. The molecule has 8 nitrogen and oxygen atoms in total. The van der Waals surface area contributed by atoms with Gasteiger partial charge in [-0.25, -0.2) is 4.79 Å². The van der Waals surface area contributed by atoms with Crippen LogP contribution >= 0.6 is 0 Å². The molecule has 0 heterocycles. The number of hydrogen-bond acceptors (Lipinski definition) is 4. The van der Waals surface area contributed by atoms with Crippen molar-refractivity contribution >= 4 is 23.4 Å². The number of amides is 1. The second-order valence-corrected chi connectivity index (χ2v) is 8.29. The molecule has 2 N–H and O–H groups in total. The molecule has 0 aromatic heterocycles. The zero-order chi connectivity index (χ0) is 24.4. The van der Waals surface area contributed by atoms with E-state index in [1.165, 1.54) is 0 Å². The van der Waals surface area contributed by atoms with E-state index in [1.54, 1.807) is 20.8 Å². The molecule has 0 spiro atoms. The number of aliphatic carboxylic acids is 1. The fourth-order valence-corrected chi connectivity index (χ4v) is 4.79. The lowest BCUT2D eigenvalue weighted by Crippen LogP contribution is -2.20. The Morgan fingerprint density at radius 1 is 1.00 bits per heavy atom. The third-order valence-corrected chi connectivity index (χ3v) is 6.41. The Hall–Kier alpha value is -4.29. The smallest absolute Gasteiger partial charge is 0.411 e. The molecule has 34 heavy (non-hydrogen) atoms. The highest BCUT2D eigenvalue weighted by Gasteiger charge is 2.29. The lowest BCUT2D eigenvalue weighted by atomic mass is 9.93. The van der Waals surface area contributed by atoms with Crippen LogP contribution in [0.3, 0.4) is 0 Å². The number of benzene rings is 3. The first kappa shape index (κ1) is 22.9. The molecule has 172 valence electrons. The van der Waals surface area contributed by atoms with E-state index >= 15 is 0 Å². The minimum atomic E-state index is -1.02. The molecule has 0 saturated heterocycles. The SMILES string of the molecule is Cc1c(CC(=O)O)c(C)c(NC(=O)OCC2c3ccccc3-c3ccccc32)c(C)c1N=[N+]=[N-]. The molecule has 3 aromatic carbocycles. The first-order valence-electron chi connectivity index (χ1n) is 10.8. The summed E-state index contributed by atoms with van der Waals surface area (Å²) in [7, 11) is 0. The molecule has 0 atom stereocenters. The Morgan fingerprint density at radius 3 is 2.15 bits per heavy atom. The summed E-state index contributed by atoms with van der Waals surface area (Å²) in [5.74, 6) is -1.10. The van der Waals surface area contributed by atoms with E-state index in [0.717, 1.165) is 22.3 Å². The first-order chi connectivity index (χ1) is 16.3. The average Bonchev–Trinajstić information content (AvgIpc) is 3.14. The summed E-state index contributed by atoms with van der Waals surface area (Å²) in [6, 6.07) is 16.1. The zero-order valence-electron chi connectivity index (χ0n) is 19.1. The van der Waals surface area contributed by atoms with Crippen molar-refractivity contribution in [2.75, 3.05) is 11.9 Å². The van der Waals surface area contributed by atoms with Crippen LogP contribution in [0.25, 0.3) is 21.6 Å². The Balaban J connectivity index is 1.60. The lowest BCUT2D eigenvalue weighted by molar-refractivity contribution is -0.136. The number of carboxylic acids is 1. The number of anilines is 1. The first-order valence-corrected chi connectivity index (χ1v) is 10.8. The highest BCUT2D eigenvalue weighted by Crippen LogP contribution is 2.44. The summed E-state index contributed by atoms with van der Waals surface area (Å²) in [6.45, 7) is 5.30. The number of ether oxygens (including phenoxy) is 1. The van der Waals surface area contributed by atoms with Gasteiger partial charge < -0.3 is 9.84 Å². The average molecular weight is 457 g/mol. The highest BCUT2D eigenvalue weighted by atomic mass is 16.5. The summed E-state index contributed by atoms with van der Waals surface area (Å²) in [4.78, 5) is 27.1. The minimum absolute atomic E-state index is 0.0836. The van der Waals surface area contributed by atoms with E-state index in [0.29, 0.717) is 33.6 Å². The van der Waals surface area contributed by atoms with Crippen molar-refractivity contribution in [3.8, 4) is 11.1 Å². The number of fused-ring (bicyclic) bond motifs is 3. The number of hydrogen-bond donors (Lipinski definition) is 2. The lowest BCUT2D eigenvalue weighted by Gasteiger charge is -2.20. The topological polar surface area (TPSA) is 124 Å². The molecule has 0 fully saturated rings. The van der Waals surface area contributed by atoms with Crippen LogP contribution in [0.5, 0.6) is 0 Å². The predicted molar refractivity (Wildman–Crippen MR) is 129 cm³/mol. The Bertz CT molecular complexity index is 1310. The molecule has 0 unspecified atom stereocenters. The van der Waals surface area contributed by atoms with Gasteiger partial charge in [-0.2, -0.15) is 0 Å². The van der Waals surface area contributed by atoms with E-state index in [-0.39, 0.29) is 18.9 Å². The number of carboxylic acid groups (broad SMARTS) is 1. The van der Waals surface area contributed by atoms with Gasteiger partial charge in [-0.15, -0.1) is 0 Å². The monoisotopic (exact) mass is 456 g/mol. The zero-order valence-corrected chi connectivity index (χ0v) is 19.1. The van der Waals surface area contributed by atoms with Crippen molar-refractivity contribution in [2.24, 2.45) is 5.11 Å². The van der Waals surface area contributed by atoms with Gasteiger partial charge in [0.1, 0.15) is 6.61 Å². The van der Waals surface area contributed by atoms with Crippen molar-refractivity contribution in [2.45, 2.75) is 33.1 Å². The van der Waals surface area contributed by atoms with E-state index in [1.807, 2.05) is 36.4 Å². The van der Waals surface area contributed by atoms with E-state index in [9.17, 15) is 14.7 Å². The molecular formula is C26H24N4O4. The third kappa shape index (κ3) is 4.07. The molecular weight excluding hydrogens is 432 g/mol. The quantitative estimate of drug-likeness (QED) is 0.248. The third-order valence-electron chi connectivity index (χ3n) is 6.41. The van der Waals surface area contributed by atoms with Gasteiger partial charge in [0.15, 0.2) is 0 Å². The number of carbonyl (C=O) groups is 2. The second kappa shape index (κ2) is 9.29. The van der Waals surface area contributed by atoms with Gasteiger partial charge in [-0.3, -0.25) is 10.1 Å². The van der Waals surface area contributed by atoms with Crippen molar-refractivity contribution in [1.82, 2.24) is 0 Å². The van der Waals surface area contributed by atoms with Gasteiger partial charge in [-0.05, 0) is 70.8 Å². The molecule has 0 saturated carbocycles. The molecule has 0 bridgehead atoms. The molecule has 0 aliphatic heterocycles. The van der Waals surface area contributed by atoms with Gasteiger partial charge in [0.05, 0.1) is 12.1 Å². The van der Waals surface area contributed by atoms with Crippen molar-refractivity contribution in [1.29, 1.82) is 0 Å². The molecule has 3 aromatic rings. The van der Waals surface area contributed by atoms with Crippen LogP contribution in [0.1, 0.15) is 39.3 Å². The van der Waals surface area contributed by atoms with Gasteiger partial charge in [0.2, 0.25) is 0 Å². The molecule has 8 heteroatoms. The Labute approximate surface area is 196 Å². The molecule has 1 amide bonds. The van der Waals surface area contributed by atoms with Crippen molar-refractivity contribution in [3.63, 3.8) is 0 Å². The van der Waals surface area contributed by atoms with Crippen LogP contribution in [0.4, 0.5) is 16.2 Å². The van der Waals surface area contributed by atoms with Gasteiger partial charge in [-0.1, -0.05) is 53.6 Å². The summed E-state index contributed by atoms with van der Waals surface area (Å²) < 4.78 is 5.63. The molecule has 0 radical (unpaired) electrons. The summed E-state index contributed by atoms with van der Waals surface area (Å²) in [5, 5.41) is 15.8. The van der Waals surface area contributed by atoms with Crippen LogP contribution in [0, 0.1) is 20.8 Å². The fourth-order valence-electron chi connectivity index (χ4n) is 4.79. The normalized spacial score (nSPS) is 11.9. The van der Waals surface area contributed by atoms with Gasteiger partial charge in [0.25, 0.3) is 0 Å². The standard InChI is InChI=1S/C26H24N4O4/c1-14-21(12-23(31)32)15(2)25(29-30-27)16(3)24(14)28-26(33)34-13-22-19-10-6-4-8-17(19)18-9-5-7-11-20(18)22/h4-11,22H,12-13H2,1-3H3,(H,28,33)(H,31,32). The second-order valence-electron chi connectivity index (χ2n) is 8.29. The molecule has 4 rings (SSSR count). The largest absolute Gasteiger partial charge is 0.481 e. The van der Waals surface area contributed by atoms with Crippen LogP contribution in [-0.4, -0.2) is 23.8 Å². The van der Waals surface area contributed by atoms with E-state index in [4.69, 9.17) is 10.3 Å². The van der Waals surface area contributed by atoms with Crippen molar-refractivity contribution < 1.29 is 19.4 Å². The fraction of sp³-hybridized carbons (Fsp3) is 0.231. The Morgan fingerprint density at radius 2 is 1.59 bits per heavy atom. The molecule has 1 aliphatic carbocycles. The maximum Gasteiger partial charge on any atom is 0.411 e. The summed E-state index contributed by atoms with van der Waals surface area (Å²) >= 11 is 0. The summed E-state index contributed by atoms with van der Waals surface area (Å²) in [6.07, 6.45) is -0.921. The van der Waals surface area contributed by atoms with Crippen LogP contribution < -0.4 is 5.32 Å².